The van der Waals surface area contributed by atoms with Gasteiger partial charge in [-0.15, -0.1) is 5.10 Å². The van der Waals surface area contributed by atoms with Crippen LogP contribution in [0.1, 0.15) is 42.9 Å². The number of carbonyl (C=O) groups is 1. The van der Waals surface area contributed by atoms with Gasteiger partial charge in [0.15, 0.2) is 5.82 Å². The normalized spacial score (nSPS) is 20.7. The number of methoxy groups -OCH3 is 1. The molecule has 216 valence electrons. The summed E-state index contributed by atoms with van der Waals surface area (Å²) in [7, 11) is -2.27. The molecule has 0 atom stereocenters. The van der Waals surface area contributed by atoms with Crippen molar-refractivity contribution in [2.24, 2.45) is 0 Å². The van der Waals surface area contributed by atoms with Crippen LogP contribution in [0.5, 0.6) is 5.88 Å². The van der Waals surface area contributed by atoms with E-state index in [4.69, 9.17) is 4.74 Å². The third-order valence-corrected chi connectivity index (χ3v) is 8.47. The van der Waals surface area contributed by atoms with Gasteiger partial charge >= 0.3 is 6.18 Å². The number of pyridine rings is 1. The van der Waals surface area contributed by atoms with Gasteiger partial charge in [-0.25, -0.2) is 13.4 Å². The molecule has 2 N–H and O–H groups in total. The lowest BCUT2D eigenvalue weighted by Gasteiger charge is -2.46. The Kier molecular flexibility index (Phi) is 7.66. The largest absolute Gasteiger partial charge is 0.481 e. The summed E-state index contributed by atoms with van der Waals surface area (Å²) >= 11 is 0. The second-order valence-electron chi connectivity index (χ2n) is 10.4. The average Bonchev–Trinajstić information content (AvgIpc) is 3.28. The molecule has 2 aromatic heterocycles. The Labute approximate surface area is 229 Å². The fourth-order valence-electron chi connectivity index (χ4n) is 5.50. The Morgan fingerprint density at radius 3 is 2.50 bits per heavy atom. The first-order valence-electron chi connectivity index (χ1n) is 13.0. The highest BCUT2D eigenvalue weighted by Crippen LogP contribution is 2.36. The van der Waals surface area contributed by atoms with Crippen molar-refractivity contribution in [3.63, 3.8) is 0 Å². The van der Waals surface area contributed by atoms with Crippen molar-refractivity contribution in [2.45, 2.75) is 49.9 Å². The van der Waals surface area contributed by atoms with Crippen LogP contribution < -0.4 is 15.4 Å². The second-order valence-corrected chi connectivity index (χ2v) is 12.2. The van der Waals surface area contributed by atoms with E-state index in [1.165, 1.54) is 0 Å². The molecule has 3 heterocycles. The van der Waals surface area contributed by atoms with E-state index < -0.39 is 21.8 Å². The summed E-state index contributed by atoms with van der Waals surface area (Å²) in [5.74, 6) is 0.563. The molecule has 0 bridgehead atoms. The zero-order chi connectivity index (χ0) is 28.7. The molecule has 5 rings (SSSR count). The third kappa shape index (κ3) is 6.02. The Bertz CT molecular complexity index is 1500. The first kappa shape index (κ1) is 28.1. The van der Waals surface area contributed by atoms with Gasteiger partial charge in [0.1, 0.15) is 0 Å². The zero-order valence-corrected chi connectivity index (χ0v) is 22.9. The number of alkyl halides is 3. The predicted molar refractivity (Wildman–Crippen MR) is 143 cm³/mol. The standard InChI is InChI=1S/C26H31F3N6O4S/c1-39-24-5-3-4-21(32-24)16-6-9-19(10-7-16)34-14-18(15-34)31-23(36)13-30-25-20-12-17(26(27,28)29)8-11-22(20)35(33-25)40(2,37)38/h3-5,8,11-12,16,18-19H,6-7,9-10,13-15H2,1-2H3,(H,30,33)(H,31,36). The van der Waals surface area contributed by atoms with Gasteiger partial charge in [-0.2, -0.15) is 17.3 Å². The van der Waals surface area contributed by atoms with E-state index in [0.717, 1.165) is 68.9 Å². The Morgan fingerprint density at radius 2 is 1.85 bits per heavy atom. The molecule has 1 amide bonds. The van der Waals surface area contributed by atoms with Crippen molar-refractivity contribution >= 4 is 32.7 Å². The van der Waals surface area contributed by atoms with Crippen molar-refractivity contribution in [3.05, 3.63) is 47.7 Å². The van der Waals surface area contributed by atoms with Crippen molar-refractivity contribution in [2.75, 3.05) is 38.3 Å². The monoisotopic (exact) mass is 580 g/mol. The van der Waals surface area contributed by atoms with Gasteiger partial charge in [-0.1, -0.05) is 6.07 Å². The SMILES string of the molecule is COc1cccc(C2CCC(N3CC(NC(=O)CNc4nn(S(C)(=O)=O)c5ccc(C(F)(F)F)cc45)C3)CC2)n1. The number of hydrogen-bond donors (Lipinski definition) is 2. The summed E-state index contributed by atoms with van der Waals surface area (Å²) in [6.45, 7) is 1.18. The lowest BCUT2D eigenvalue weighted by atomic mass is 9.82. The summed E-state index contributed by atoms with van der Waals surface area (Å²) < 4.78 is 69.8. The predicted octanol–water partition coefficient (Wildman–Crippen LogP) is 3.21. The van der Waals surface area contributed by atoms with E-state index in [-0.39, 0.29) is 35.2 Å². The van der Waals surface area contributed by atoms with E-state index in [9.17, 15) is 26.4 Å². The molecule has 40 heavy (non-hydrogen) atoms. The molecule has 14 heteroatoms. The molecule has 1 saturated carbocycles. The van der Waals surface area contributed by atoms with Crippen molar-refractivity contribution < 1.29 is 31.1 Å². The van der Waals surface area contributed by atoms with Crippen LogP contribution in [0.2, 0.25) is 0 Å². The van der Waals surface area contributed by atoms with E-state index in [1.54, 1.807) is 7.11 Å². The number of halogens is 3. The van der Waals surface area contributed by atoms with Gasteiger partial charge in [-0.3, -0.25) is 9.69 Å². The molecule has 0 unspecified atom stereocenters. The minimum absolute atomic E-state index is 0.00931. The lowest BCUT2D eigenvalue weighted by Crippen LogP contribution is -2.63. The second kappa shape index (κ2) is 10.9. The fourth-order valence-corrected chi connectivity index (χ4v) is 6.25. The number of anilines is 1. The number of carbonyl (C=O) groups excluding carboxylic acids is 1. The van der Waals surface area contributed by atoms with E-state index in [1.807, 2.05) is 18.2 Å². The highest BCUT2D eigenvalue weighted by Gasteiger charge is 2.36. The van der Waals surface area contributed by atoms with E-state index in [0.29, 0.717) is 21.9 Å². The summed E-state index contributed by atoms with van der Waals surface area (Å²) in [4.78, 5) is 19.5. The fraction of sp³-hybridized carbons (Fsp3) is 0.500. The van der Waals surface area contributed by atoms with Gasteiger partial charge < -0.3 is 15.4 Å². The molecule has 10 nitrogen and oxygen atoms in total. The third-order valence-electron chi connectivity index (χ3n) is 7.57. The average molecular weight is 581 g/mol. The molecule has 1 aromatic carbocycles. The van der Waals surface area contributed by atoms with Crippen LogP contribution in [0.3, 0.4) is 0 Å². The summed E-state index contributed by atoms with van der Waals surface area (Å²) in [6.07, 6.45) is 0.442. The first-order chi connectivity index (χ1) is 18.9. The van der Waals surface area contributed by atoms with Crippen LogP contribution in [0, 0.1) is 0 Å². The van der Waals surface area contributed by atoms with Gasteiger partial charge in [0, 0.05) is 42.2 Å². The maximum absolute atomic E-state index is 13.2. The summed E-state index contributed by atoms with van der Waals surface area (Å²) in [5.41, 5.74) is 0.108. The Morgan fingerprint density at radius 1 is 1.12 bits per heavy atom. The van der Waals surface area contributed by atoms with Crippen LogP contribution in [-0.2, 0) is 21.0 Å². The smallest absolute Gasteiger partial charge is 0.416 e. The number of aromatic nitrogens is 3. The number of nitrogens with zero attached hydrogens (tertiary/aromatic N) is 4. The van der Waals surface area contributed by atoms with Gasteiger partial charge in [-0.05, 0) is 49.9 Å². The quantitative estimate of drug-likeness (QED) is 0.417. The number of rotatable bonds is 8. The molecule has 1 saturated heterocycles. The molecule has 0 radical (unpaired) electrons. The van der Waals surface area contributed by atoms with Gasteiger partial charge in [0.05, 0.1) is 37.0 Å². The van der Waals surface area contributed by atoms with Crippen LogP contribution in [0.4, 0.5) is 19.0 Å². The van der Waals surface area contributed by atoms with Crippen LogP contribution in [0.25, 0.3) is 10.9 Å². The van der Waals surface area contributed by atoms with Crippen LogP contribution >= 0.6 is 0 Å². The molecule has 0 spiro atoms. The molecule has 3 aromatic rings. The zero-order valence-electron chi connectivity index (χ0n) is 22.1. The van der Waals surface area contributed by atoms with E-state index in [2.05, 4.69) is 25.6 Å². The number of nitrogens with one attached hydrogen (secondary N) is 2. The molecule has 2 aliphatic rings. The minimum Gasteiger partial charge on any atom is -0.481 e. The molecule has 2 fully saturated rings. The number of fused-ring (bicyclic) bond motifs is 1. The minimum atomic E-state index is -4.61. The summed E-state index contributed by atoms with van der Waals surface area (Å²) in [6, 6.07) is 8.94. The summed E-state index contributed by atoms with van der Waals surface area (Å²) in [5, 5.41) is 9.53. The van der Waals surface area contributed by atoms with Crippen LogP contribution in [0.15, 0.2) is 36.4 Å². The molecular weight excluding hydrogens is 549 g/mol. The highest BCUT2D eigenvalue weighted by molar-refractivity contribution is 7.89. The molecular formula is C26H31F3N6O4S. The maximum atomic E-state index is 13.2. The first-order valence-corrected chi connectivity index (χ1v) is 14.9. The number of hydrogen-bond acceptors (Lipinski definition) is 8. The number of ether oxygens (including phenoxy) is 1. The number of amides is 1. The lowest BCUT2D eigenvalue weighted by molar-refractivity contribution is -0.137. The molecule has 1 aliphatic heterocycles. The van der Waals surface area contributed by atoms with Gasteiger partial charge in [0.2, 0.25) is 11.8 Å². The van der Waals surface area contributed by atoms with Crippen molar-refractivity contribution in [1.82, 2.24) is 24.4 Å². The van der Waals surface area contributed by atoms with Crippen molar-refractivity contribution in [3.8, 4) is 5.88 Å². The number of likely N-dealkylation sites (tertiary alicyclic amines) is 1. The highest BCUT2D eigenvalue weighted by atomic mass is 32.2. The Balaban J connectivity index is 1.13. The Hall–Kier alpha value is -3.39. The maximum Gasteiger partial charge on any atom is 0.416 e. The van der Waals surface area contributed by atoms with Crippen LogP contribution in [-0.4, -0.2) is 78.5 Å². The molecule has 1 aliphatic carbocycles. The van der Waals surface area contributed by atoms with Crippen molar-refractivity contribution in [1.29, 1.82) is 0 Å². The number of benzene rings is 1. The van der Waals surface area contributed by atoms with Gasteiger partial charge in [0.25, 0.3) is 10.0 Å². The van der Waals surface area contributed by atoms with E-state index >= 15 is 0 Å². The topological polar surface area (TPSA) is 118 Å².